The molecular weight excluding hydrogens is 316 g/mol. The zero-order valence-electron chi connectivity index (χ0n) is 14.6. The quantitative estimate of drug-likeness (QED) is 0.438. The second-order valence-corrected chi connectivity index (χ2v) is 6.22. The van der Waals surface area contributed by atoms with Gasteiger partial charge in [-0.1, -0.05) is 50.8 Å². The molecule has 0 radical (unpaired) electrons. The molecule has 0 bridgehead atoms. The van der Waals surface area contributed by atoms with Crippen molar-refractivity contribution in [2.45, 2.75) is 32.1 Å². The van der Waals surface area contributed by atoms with Crippen molar-refractivity contribution in [3.8, 4) is 5.75 Å². The standard InChI is InChI=1S/C21H22O4/c1-5-19(22)24-17-11-7-15(8-12-17)21(3,4)16-9-13-18(14-10-16)25-20(23)6-2/h5-9,11-13H,1-2,10,14H2,3-4H3. The van der Waals surface area contributed by atoms with Gasteiger partial charge in [0.15, 0.2) is 0 Å². The molecule has 1 aliphatic rings. The normalized spacial score (nSPS) is 14.0. The molecule has 2 rings (SSSR count). The number of allylic oxidation sites excluding steroid dienone is 4. The molecule has 0 saturated heterocycles. The molecule has 0 saturated carbocycles. The fraction of sp³-hybridized carbons (Fsp3) is 0.238. The predicted octanol–water partition coefficient (Wildman–Crippen LogP) is 4.39. The fourth-order valence-corrected chi connectivity index (χ4v) is 2.68. The van der Waals surface area contributed by atoms with E-state index in [1.54, 1.807) is 12.1 Å². The van der Waals surface area contributed by atoms with Crippen LogP contribution >= 0.6 is 0 Å². The summed E-state index contributed by atoms with van der Waals surface area (Å²) < 4.78 is 10.3. The van der Waals surface area contributed by atoms with Crippen LogP contribution in [0.5, 0.6) is 5.75 Å². The predicted molar refractivity (Wildman–Crippen MR) is 97.0 cm³/mol. The molecular formula is C21H22O4. The molecule has 0 amide bonds. The molecule has 1 aromatic carbocycles. The first-order valence-corrected chi connectivity index (χ1v) is 8.06. The second-order valence-electron chi connectivity index (χ2n) is 6.22. The van der Waals surface area contributed by atoms with E-state index in [2.05, 4.69) is 27.0 Å². The number of benzene rings is 1. The van der Waals surface area contributed by atoms with E-state index in [-0.39, 0.29) is 5.41 Å². The van der Waals surface area contributed by atoms with Crippen LogP contribution in [0.4, 0.5) is 0 Å². The molecule has 0 aliphatic heterocycles. The van der Waals surface area contributed by atoms with Crippen LogP contribution < -0.4 is 4.74 Å². The third-order valence-electron chi connectivity index (χ3n) is 4.27. The summed E-state index contributed by atoms with van der Waals surface area (Å²) in [5.74, 6) is 0.220. The van der Waals surface area contributed by atoms with Gasteiger partial charge in [-0.3, -0.25) is 0 Å². The lowest BCUT2D eigenvalue weighted by Crippen LogP contribution is -2.22. The van der Waals surface area contributed by atoms with Gasteiger partial charge in [0.25, 0.3) is 0 Å². The van der Waals surface area contributed by atoms with E-state index in [4.69, 9.17) is 9.47 Å². The van der Waals surface area contributed by atoms with E-state index in [1.165, 1.54) is 5.57 Å². The van der Waals surface area contributed by atoms with Crippen LogP contribution in [0.25, 0.3) is 0 Å². The smallest absolute Gasteiger partial charge is 0.335 e. The van der Waals surface area contributed by atoms with Crippen molar-refractivity contribution in [3.05, 3.63) is 78.6 Å². The maximum Gasteiger partial charge on any atom is 0.335 e. The summed E-state index contributed by atoms with van der Waals surface area (Å²) in [6, 6.07) is 7.44. The molecule has 4 nitrogen and oxygen atoms in total. The van der Waals surface area contributed by atoms with Crippen LogP contribution in [0, 0.1) is 0 Å². The van der Waals surface area contributed by atoms with Gasteiger partial charge in [-0.2, -0.15) is 0 Å². The highest BCUT2D eigenvalue weighted by Crippen LogP contribution is 2.37. The van der Waals surface area contributed by atoms with E-state index in [9.17, 15) is 9.59 Å². The first-order chi connectivity index (χ1) is 11.9. The summed E-state index contributed by atoms with van der Waals surface area (Å²) in [5, 5.41) is 0. The molecule has 130 valence electrons. The van der Waals surface area contributed by atoms with Gasteiger partial charge in [0.2, 0.25) is 0 Å². The average molecular weight is 338 g/mol. The van der Waals surface area contributed by atoms with Gasteiger partial charge >= 0.3 is 11.9 Å². The maximum atomic E-state index is 11.3. The summed E-state index contributed by atoms with van der Waals surface area (Å²) in [6.07, 6.45) is 7.60. The Kier molecular flexibility index (Phi) is 5.75. The van der Waals surface area contributed by atoms with Crippen LogP contribution in [0.2, 0.25) is 0 Å². The van der Waals surface area contributed by atoms with Crippen molar-refractivity contribution in [1.29, 1.82) is 0 Å². The number of ether oxygens (including phenoxy) is 2. The van der Waals surface area contributed by atoms with Gasteiger partial charge in [-0.25, -0.2) is 9.59 Å². The molecule has 0 unspecified atom stereocenters. The van der Waals surface area contributed by atoms with Gasteiger partial charge in [-0.05, 0) is 30.2 Å². The molecule has 0 aromatic heterocycles. The van der Waals surface area contributed by atoms with Crippen LogP contribution in [-0.2, 0) is 19.7 Å². The maximum absolute atomic E-state index is 11.3. The Labute approximate surface area is 148 Å². The van der Waals surface area contributed by atoms with E-state index in [1.807, 2.05) is 24.3 Å². The molecule has 0 spiro atoms. The number of rotatable bonds is 6. The summed E-state index contributed by atoms with van der Waals surface area (Å²) in [7, 11) is 0. The Balaban J connectivity index is 2.15. The Bertz CT molecular complexity index is 749. The van der Waals surface area contributed by atoms with Crippen LogP contribution in [0.15, 0.2) is 73.1 Å². The van der Waals surface area contributed by atoms with Crippen molar-refractivity contribution >= 4 is 11.9 Å². The summed E-state index contributed by atoms with van der Waals surface area (Å²) >= 11 is 0. The van der Waals surface area contributed by atoms with Crippen molar-refractivity contribution in [2.75, 3.05) is 0 Å². The van der Waals surface area contributed by atoms with E-state index in [0.29, 0.717) is 17.9 Å². The summed E-state index contributed by atoms with van der Waals surface area (Å²) in [6.45, 7) is 11.1. The third kappa shape index (κ3) is 4.57. The van der Waals surface area contributed by atoms with Crippen LogP contribution in [0.3, 0.4) is 0 Å². The molecule has 1 aromatic rings. The first-order valence-electron chi connectivity index (χ1n) is 8.06. The number of carbonyl (C=O) groups is 2. The minimum atomic E-state index is -0.478. The molecule has 1 aliphatic carbocycles. The minimum absolute atomic E-state index is 0.189. The zero-order valence-corrected chi connectivity index (χ0v) is 14.6. The Morgan fingerprint density at radius 3 is 2.08 bits per heavy atom. The molecule has 0 fully saturated rings. The SMILES string of the molecule is C=CC(=O)OC1=CC=C(C(C)(C)c2ccc(OC(=O)C=C)cc2)CC1. The number of hydrogen-bond acceptors (Lipinski definition) is 4. The van der Waals surface area contributed by atoms with Crippen molar-refractivity contribution in [2.24, 2.45) is 0 Å². The Morgan fingerprint density at radius 2 is 1.56 bits per heavy atom. The number of esters is 2. The molecule has 0 heterocycles. The van der Waals surface area contributed by atoms with E-state index >= 15 is 0 Å². The summed E-state index contributed by atoms with van der Waals surface area (Å²) in [5.41, 5.74) is 2.16. The fourth-order valence-electron chi connectivity index (χ4n) is 2.68. The monoisotopic (exact) mass is 338 g/mol. The van der Waals surface area contributed by atoms with Gasteiger partial charge in [-0.15, -0.1) is 0 Å². The first kappa shape index (κ1) is 18.5. The summed E-state index contributed by atoms with van der Waals surface area (Å²) in [4.78, 5) is 22.5. The lowest BCUT2D eigenvalue weighted by molar-refractivity contribution is -0.134. The molecule has 0 atom stereocenters. The lowest BCUT2D eigenvalue weighted by atomic mass is 9.74. The molecule has 4 heteroatoms. The topological polar surface area (TPSA) is 52.6 Å². The van der Waals surface area contributed by atoms with Crippen LogP contribution in [0.1, 0.15) is 32.3 Å². The van der Waals surface area contributed by atoms with Crippen molar-refractivity contribution < 1.29 is 19.1 Å². The molecule has 0 N–H and O–H groups in total. The number of carbonyl (C=O) groups excluding carboxylic acids is 2. The molecule has 25 heavy (non-hydrogen) atoms. The highest BCUT2D eigenvalue weighted by atomic mass is 16.5. The van der Waals surface area contributed by atoms with Gasteiger partial charge in [0.1, 0.15) is 11.5 Å². The van der Waals surface area contributed by atoms with E-state index in [0.717, 1.165) is 24.1 Å². The van der Waals surface area contributed by atoms with Crippen molar-refractivity contribution in [3.63, 3.8) is 0 Å². The van der Waals surface area contributed by atoms with Gasteiger partial charge < -0.3 is 9.47 Å². The lowest BCUT2D eigenvalue weighted by Gasteiger charge is -2.30. The third-order valence-corrected chi connectivity index (χ3v) is 4.27. The number of hydrogen-bond donors (Lipinski definition) is 0. The zero-order chi connectivity index (χ0) is 18.4. The van der Waals surface area contributed by atoms with Gasteiger partial charge in [0, 0.05) is 24.0 Å². The van der Waals surface area contributed by atoms with Gasteiger partial charge in [0.05, 0.1) is 0 Å². The minimum Gasteiger partial charge on any atom is -0.428 e. The van der Waals surface area contributed by atoms with Crippen molar-refractivity contribution in [1.82, 2.24) is 0 Å². The largest absolute Gasteiger partial charge is 0.428 e. The van der Waals surface area contributed by atoms with Crippen LogP contribution in [-0.4, -0.2) is 11.9 Å². The Morgan fingerprint density at radius 1 is 0.960 bits per heavy atom. The Hall–Kier alpha value is -2.88. The highest BCUT2D eigenvalue weighted by molar-refractivity contribution is 5.83. The highest BCUT2D eigenvalue weighted by Gasteiger charge is 2.27. The van der Waals surface area contributed by atoms with E-state index < -0.39 is 11.9 Å². The average Bonchev–Trinajstić information content (AvgIpc) is 2.62. The second kappa shape index (κ2) is 7.79.